The molecule has 2 nitrogen and oxygen atoms in total. The van der Waals surface area contributed by atoms with Crippen molar-refractivity contribution in [1.82, 2.24) is 4.98 Å². The standard InChI is InChI=1S/C19H15Cl3N2/c20-16-5-3-4-14(10-16)12-24(19-6-1-2-9-23-19)13-15-7-8-17(21)11-18(15)22/h1-11H,12-13H2. The number of aromatic nitrogens is 1. The largest absolute Gasteiger partial charge is 0.348 e. The zero-order valence-electron chi connectivity index (χ0n) is 12.8. The van der Waals surface area contributed by atoms with Crippen molar-refractivity contribution in [2.24, 2.45) is 0 Å². The van der Waals surface area contributed by atoms with Crippen LogP contribution in [0, 0.1) is 0 Å². The van der Waals surface area contributed by atoms with Crippen LogP contribution < -0.4 is 4.90 Å². The third-order valence-electron chi connectivity index (χ3n) is 3.61. The summed E-state index contributed by atoms with van der Waals surface area (Å²) in [6.07, 6.45) is 1.78. The van der Waals surface area contributed by atoms with Crippen LogP contribution in [0.2, 0.25) is 15.1 Å². The molecule has 0 bridgehead atoms. The molecule has 0 aliphatic rings. The number of hydrogen-bond acceptors (Lipinski definition) is 2. The van der Waals surface area contributed by atoms with Crippen LogP contribution in [-0.4, -0.2) is 4.98 Å². The van der Waals surface area contributed by atoms with Crippen LogP contribution in [0.5, 0.6) is 0 Å². The van der Waals surface area contributed by atoms with Gasteiger partial charge in [0.2, 0.25) is 0 Å². The second kappa shape index (κ2) is 7.89. The number of rotatable bonds is 5. The van der Waals surface area contributed by atoms with Gasteiger partial charge in [-0.15, -0.1) is 0 Å². The van der Waals surface area contributed by atoms with Gasteiger partial charge in [-0.05, 0) is 47.5 Å². The van der Waals surface area contributed by atoms with Gasteiger partial charge in [-0.25, -0.2) is 4.98 Å². The number of anilines is 1. The summed E-state index contributed by atoms with van der Waals surface area (Å²) >= 11 is 18.4. The second-order valence-corrected chi connectivity index (χ2v) is 6.69. The van der Waals surface area contributed by atoms with E-state index in [1.165, 1.54) is 0 Å². The first kappa shape index (κ1) is 17.1. The average Bonchev–Trinajstić information content (AvgIpc) is 2.57. The van der Waals surface area contributed by atoms with E-state index in [0.29, 0.717) is 23.1 Å². The highest BCUT2D eigenvalue weighted by atomic mass is 35.5. The summed E-state index contributed by atoms with van der Waals surface area (Å²) < 4.78 is 0. The molecule has 1 aromatic heterocycles. The summed E-state index contributed by atoms with van der Waals surface area (Å²) in [5.41, 5.74) is 2.10. The van der Waals surface area contributed by atoms with Crippen LogP contribution in [0.15, 0.2) is 66.9 Å². The van der Waals surface area contributed by atoms with Crippen LogP contribution in [0.4, 0.5) is 5.82 Å². The normalized spacial score (nSPS) is 10.6. The molecule has 0 saturated heterocycles. The van der Waals surface area contributed by atoms with E-state index >= 15 is 0 Å². The summed E-state index contributed by atoms with van der Waals surface area (Å²) in [4.78, 5) is 6.62. The summed E-state index contributed by atoms with van der Waals surface area (Å²) in [6, 6.07) is 19.2. The molecule has 0 unspecified atom stereocenters. The summed E-state index contributed by atoms with van der Waals surface area (Å²) in [6.45, 7) is 1.30. The van der Waals surface area contributed by atoms with Crippen molar-refractivity contribution in [1.29, 1.82) is 0 Å². The van der Waals surface area contributed by atoms with Crippen molar-refractivity contribution >= 4 is 40.6 Å². The lowest BCUT2D eigenvalue weighted by Gasteiger charge is -2.24. The molecule has 0 aliphatic heterocycles. The summed E-state index contributed by atoms with van der Waals surface area (Å²) in [5, 5.41) is 2.00. The predicted octanol–water partition coefficient (Wildman–Crippen LogP) is 6.25. The summed E-state index contributed by atoms with van der Waals surface area (Å²) in [5.74, 6) is 0.878. The predicted molar refractivity (Wildman–Crippen MR) is 102 cm³/mol. The topological polar surface area (TPSA) is 16.1 Å². The van der Waals surface area contributed by atoms with Crippen LogP contribution in [-0.2, 0) is 13.1 Å². The molecule has 2 aromatic carbocycles. The molecule has 0 fully saturated rings. The molecule has 5 heteroatoms. The molecular formula is C19H15Cl3N2. The lowest BCUT2D eigenvalue weighted by Crippen LogP contribution is -2.23. The first-order chi connectivity index (χ1) is 11.6. The van der Waals surface area contributed by atoms with E-state index in [1.54, 1.807) is 12.3 Å². The van der Waals surface area contributed by atoms with E-state index < -0.39 is 0 Å². The Kier molecular flexibility index (Phi) is 5.62. The molecule has 0 radical (unpaired) electrons. The van der Waals surface area contributed by atoms with Gasteiger partial charge in [-0.2, -0.15) is 0 Å². The third-order valence-corrected chi connectivity index (χ3v) is 4.43. The van der Waals surface area contributed by atoms with Gasteiger partial charge in [-0.1, -0.05) is 59.1 Å². The zero-order valence-corrected chi connectivity index (χ0v) is 15.1. The fourth-order valence-corrected chi connectivity index (χ4v) is 3.15. The van der Waals surface area contributed by atoms with Crippen LogP contribution >= 0.6 is 34.8 Å². The Bertz CT molecular complexity index is 822. The Labute approximate surface area is 156 Å². The highest BCUT2D eigenvalue weighted by molar-refractivity contribution is 6.35. The van der Waals surface area contributed by atoms with E-state index in [9.17, 15) is 0 Å². The van der Waals surface area contributed by atoms with Crippen molar-refractivity contribution in [3.05, 3.63) is 93.1 Å². The van der Waals surface area contributed by atoms with Gasteiger partial charge < -0.3 is 4.90 Å². The first-order valence-electron chi connectivity index (χ1n) is 7.46. The smallest absolute Gasteiger partial charge is 0.129 e. The molecule has 0 aliphatic carbocycles. The molecule has 1 heterocycles. The first-order valence-corrected chi connectivity index (χ1v) is 8.59. The summed E-state index contributed by atoms with van der Waals surface area (Å²) in [7, 11) is 0. The van der Waals surface area contributed by atoms with Gasteiger partial charge in [0.25, 0.3) is 0 Å². The minimum Gasteiger partial charge on any atom is -0.348 e. The van der Waals surface area contributed by atoms with E-state index in [4.69, 9.17) is 34.8 Å². The van der Waals surface area contributed by atoms with Crippen LogP contribution in [0.1, 0.15) is 11.1 Å². The molecule has 0 atom stereocenters. The fourth-order valence-electron chi connectivity index (χ4n) is 2.47. The lowest BCUT2D eigenvalue weighted by molar-refractivity contribution is 0.783. The highest BCUT2D eigenvalue weighted by Crippen LogP contribution is 2.25. The van der Waals surface area contributed by atoms with Gasteiger partial charge in [-0.3, -0.25) is 0 Å². The molecular weight excluding hydrogens is 363 g/mol. The Morgan fingerprint density at radius 3 is 2.33 bits per heavy atom. The highest BCUT2D eigenvalue weighted by Gasteiger charge is 2.12. The zero-order chi connectivity index (χ0) is 16.9. The van der Waals surface area contributed by atoms with Gasteiger partial charge >= 0.3 is 0 Å². The minimum absolute atomic E-state index is 0.625. The second-order valence-electron chi connectivity index (χ2n) is 5.41. The molecule has 122 valence electrons. The maximum absolute atomic E-state index is 6.34. The lowest BCUT2D eigenvalue weighted by atomic mass is 10.1. The maximum atomic E-state index is 6.34. The minimum atomic E-state index is 0.625. The average molecular weight is 378 g/mol. The van der Waals surface area contributed by atoms with E-state index in [-0.39, 0.29) is 0 Å². The third kappa shape index (κ3) is 4.41. The van der Waals surface area contributed by atoms with Gasteiger partial charge in [0, 0.05) is 34.4 Å². The molecule has 0 N–H and O–H groups in total. The van der Waals surface area contributed by atoms with E-state index in [0.717, 1.165) is 22.0 Å². The Hall–Kier alpha value is -1.74. The van der Waals surface area contributed by atoms with Gasteiger partial charge in [0.15, 0.2) is 0 Å². The number of benzene rings is 2. The number of hydrogen-bond donors (Lipinski definition) is 0. The van der Waals surface area contributed by atoms with Gasteiger partial charge in [0.05, 0.1) is 0 Å². The van der Waals surface area contributed by atoms with Crippen molar-refractivity contribution in [2.45, 2.75) is 13.1 Å². The number of halogens is 3. The fraction of sp³-hybridized carbons (Fsp3) is 0.105. The molecule has 3 rings (SSSR count). The number of nitrogens with zero attached hydrogens (tertiary/aromatic N) is 2. The van der Waals surface area contributed by atoms with Crippen LogP contribution in [0.3, 0.4) is 0 Å². The SMILES string of the molecule is Clc1cccc(CN(Cc2ccc(Cl)cc2Cl)c2ccccn2)c1. The molecule has 0 saturated carbocycles. The molecule has 0 spiro atoms. The molecule has 24 heavy (non-hydrogen) atoms. The Morgan fingerprint density at radius 1 is 0.792 bits per heavy atom. The van der Waals surface area contributed by atoms with Crippen LogP contribution in [0.25, 0.3) is 0 Å². The van der Waals surface area contributed by atoms with E-state index in [2.05, 4.69) is 9.88 Å². The Morgan fingerprint density at radius 2 is 1.62 bits per heavy atom. The quantitative estimate of drug-likeness (QED) is 0.522. The maximum Gasteiger partial charge on any atom is 0.129 e. The monoisotopic (exact) mass is 376 g/mol. The Balaban J connectivity index is 1.90. The van der Waals surface area contributed by atoms with Crippen molar-refractivity contribution in [3.63, 3.8) is 0 Å². The van der Waals surface area contributed by atoms with Crippen molar-refractivity contribution < 1.29 is 0 Å². The molecule has 3 aromatic rings. The van der Waals surface area contributed by atoms with Gasteiger partial charge in [0.1, 0.15) is 5.82 Å². The van der Waals surface area contributed by atoms with E-state index in [1.807, 2.05) is 54.6 Å². The molecule has 0 amide bonds. The number of pyridine rings is 1. The van der Waals surface area contributed by atoms with Crippen molar-refractivity contribution in [3.8, 4) is 0 Å². The van der Waals surface area contributed by atoms with Crippen molar-refractivity contribution in [2.75, 3.05) is 4.90 Å².